The van der Waals surface area contributed by atoms with Crippen LogP contribution in [0.1, 0.15) is 24.1 Å². The predicted molar refractivity (Wildman–Crippen MR) is 79.3 cm³/mol. The molecule has 0 saturated heterocycles. The van der Waals surface area contributed by atoms with Gasteiger partial charge in [-0.15, -0.1) is 0 Å². The van der Waals surface area contributed by atoms with Gasteiger partial charge in [-0.05, 0) is 31.9 Å². The summed E-state index contributed by atoms with van der Waals surface area (Å²) in [6.07, 6.45) is 2.53. The van der Waals surface area contributed by atoms with Crippen LogP contribution < -0.4 is 10.1 Å². The monoisotopic (exact) mass is 291 g/mol. The topological polar surface area (TPSA) is 39.1 Å². The molecule has 1 aliphatic carbocycles. The fourth-order valence-corrected chi connectivity index (χ4v) is 2.35. The summed E-state index contributed by atoms with van der Waals surface area (Å²) < 4.78 is 7.74. The molecular formula is C15H18ClN3O. The minimum atomic E-state index is 0.604. The van der Waals surface area contributed by atoms with E-state index in [0.29, 0.717) is 16.8 Å². The standard InChI is InChI=1S/C15H18ClN3O/c1-10-12(9-17-11-7-8-11)15(19(2)18-10)20-14-6-4-3-5-13(14)16/h3-6,11,17H,7-9H2,1-2H3. The Morgan fingerprint density at radius 3 is 2.85 bits per heavy atom. The van der Waals surface area contributed by atoms with Gasteiger partial charge in [0.25, 0.3) is 0 Å². The Hall–Kier alpha value is -1.52. The molecule has 20 heavy (non-hydrogen) atoms. The molecule has 1 aromatic carbocycles. The molecule has 0 amide bonds. The first-order chi connectivity index (χ1) is 9.65. The van der Waals surface area contributed by atoms with Gasteiger partial charge in [-0.3, -0.25) is 0 Å². The number of ether oxygens (including phenoxy) is 1. The number of nitrogens with zero attached hydrogens (tertiary/aromatic N) is 2. The van der Waals surface area contributed by atoms with Gasteiger partial charge in [0.2, 0.25) is 5.88 Å². The molecule has 0 radical (unpaired) electrons. The number of para-hydroxylation sites is 1. The lowest BCUT2D eigenvalue weighted by Crippen LogP contribution is -2.16. The molecule has 0 atom stereocenters. The summed E-state index contributed by atoms with van der Waals surface area (Å²) in [6.45, 7) is 2.79. The van der Waals surface area contributed by atoms with Gasteiger partial charge >= 0.3 is 0 Å². The van der Waals surface area contributed by atoms with Crippen LogP contribution in [0.2, 0.25) is 5.02 Å². The first-order valence-corrected chi connectivity index (χ1v) is 7.21. The number of halogens is 1. The summed E-state index contributed by atoms with van der Waals surface area (Å²) in [6, 6.07) is 8.14. The van der Waals surface area contributed by atoms with Crippen LogP contribution in [0, 0.1) is 6.92 Å². The van der Waals surface area contributed by atoms with E-state index in [1.165, 1.54) is 12.8 Å². The summed E-state index contributed by atoms with van der Waals surface area (Å²) in [5.41, 5.74) is 2.09. The molecule has 0 spiro atoms. The van der Waals surface area contributed by atoms with Crippen molar-refractivity contribution in [1.82, 2.24) is 15.1 Å². The maximum Gasteiger partial charge on any atom is 0.222 e. The highest BCUT2D eigenvalue weighted by Crippen LogP contribution is 2.32. The number of hydrogen-bond acceptors (Lipinski definition) is 3. The molecule has 1 aliphatic rings. The maximum absolute atomic E-state index is 6.15. The number of nitrogens with one attached hydrogen (secondary N) is 1. The van der Waals surface area contributed by atoms with E-state index >= 15 is 0 Å². The Morgan fingerprint density at radius 1 is 1.40 bits per heavy atom. The summed E-state index contributed by atoms with van der Waals surface area (Å²) in [5, 5.41) is 8.55. The Kier molecular flexibility index (Phi) is 3.68. The summed E-state index contributed by atoms with van der Waals surface area (Å²) in [7, 11) is 1.89. The molecule has 1 N–H and O–H groups in total. The van der Waals surface area contributed by atoms with E-state index in [0.717, 1.165) is 23.7 Å². The molecule has 1 saturated carbocycles. The SMILES string of the molecule is Cc1nn(C)c(Oc2ccccc2Cl)c1CNC1CC1. The summed E-state index contributed by atoms with van der Waals surface area (Å²) in [5.74, 6) is 1.41. The molecule has 106 valence electrons. The van der Waals surface area contributed by atoms with Crippen molar-refractivity contribution in [3.05, 3.63) is 40.5 Å². The van der Waals surface area contributed by atoms with Crippen LogP contribution in [0.3, 0.4) is 0 Å². The number of aryl methyl sites for hydroxylation is 2. The molecule has 5 heteroatoms. The van der Waals surface area contributed by atoms with Crippen LogP contribution in [0.4, 0.5) is 0 Å². The Balaban J connectivity index is 1.85. The van der Waals surface area contributed by atoms with Gasteiger partial charge in [0.15, 0.2) is 0 Å². The molecule has 0 bridgehead atoms. The van der Waals surface area contributed by atoms with E-state index in [-0.39, 0.29) is 0 Å². The lowest BCUT2D eigenvalue weighted by molar-refractivity contribution is 0.424. The summed E-state index contributed by atoms with van der Waals surface area (Å²) >= 11 is 6.15. The van der Waals surface area contributed by atoms with Gasteiger partial charge in [-0.2, -0.15) is 5.10 Å². The predicted octanol–water partition coefficient (Wildman–Crippen LogP) is 3.43. The van der Waals surface area contributed by atoms with E-state index in [9.17, 15) is 0 Å². The fraction of sp³-hybridized carbons (Fsp3) is 0.400. The molecule has 1 fully saturated rings. The largest absolute Gasteiger partial charge is 0.437 e. The number of aromatic nitrogens is 2. The van der Waals surface area contributed by atoms with E-state index in [1.807, 2.05) is 38.2 Å². The van der Waals surface area contributed by atoms with Crippen LogP contribution in [-0.2, 0) is 13.6 Å². The highest BCUT2D eigenvalue weighted by atomic mass is 35.5. The van der Waals surface area contributed by atoms with Crippen molar-refractivity contribution < 1.29 is 4.74 Å². The quantitative estimate of drug-likeness (QED) is 0.917. The van der Waals surface area contributed by atoms with E-state index in [4.69, 9.17) is 16.3 Å². The smallest absolute Gasteiger partial charge is 0.222 e. The van der Waals surface area contributed by atoms with Crippen molar-refractivity contribution in [3.8, 4) is 11.6 Å². The van der Waals surface area contributed by atoms with E-state index in [1.54, 1.807) is 4.68 Å². The number of rotatable bonds is 5. The Morgan fingerprint density at radius 2 is 2.15 bits per heavy atom. The van der Waals surface area contributed by atoms with Crippen LogP contribution in [0.25, 0.3) is 0 Å². The van der Waals surface area contributed by atoms with Gasteiger partial charge < -0.3 is 10.1 Å². The molecule has 3 rings (SSSR count). The van der Waals surface area contributed by atoms with Gasteiger partial charge in [0.05, 0.1) is 16.3 Å². The first-order valence-electron chi connectivity index (χ1n) is 6.83. The second-order valence-corrected chi connectivity index (χ2v) is 5.59. The Bertz CT molecular complexity index is 620. The second kappa shape index (κ2) is 5.46. The zero-order chi connectivity index (χ0) is 14.1. The third-order valence-electron chi connectivity index (χ3n) is 3.48. The molecule has 1 aromatic heterocycles. The highest BCUT2D eigenvalue weighted by molar-refractivity contribution is 6.32. The van der Waals surface area contributed by atoms with Gasteiger partial charge in [-0.1, -0.05) is 23.7 Å². The third-order valence-corrected chi connectivity index (χ3v) is 3.79. The normalized spacial score (nSPS) is 14.6. The first kappa shape index (κ1) is 13.5. The molecule has 4 nitrogen and oxygen atoms in total. The fourth-order valence-electron chi connectivity index (χ4n) is 2.18. The molecule has 0 aliphatic heterocycles. The van der Waals surface area contributed by atoms with Crippen molar-refractivity contribution in [1.29, 1.82) is 0 Å². The number of hydrogen-bond donors (Lipinski definition) is 1. The van der Waals surface area contributed by atoms with Crippen molar-refractivity contribution in [3.63, 3.8) is 0 Å². The molecular weight excluding hydrogens is 274 g/mol. The summed E-state index contributed by atoms with van der Waals surface area (Å²) in [4.78, 5) is 0. The lowest BCUT2D eigenvalue weighted by Gasteiger charge is -2.10. The Labute approximate surface area is 123 Å². The van der Waals surface area contributed by atoms with Crippen molar-refractivity contribution in [2.45, 2.75) is 32.4 Å². The maximum atomic E-state index is 6.15. The second-order valence-electron chi connectivity index (χ2n) is 5.18. The average Bonchev–Trinajstić information content (AvgIpc) is 3.19. The van der Waals surface area contributed by atoms with E-state index in [2.05, 4.69) is 10.4 Å². The van der Waals surface area contributed by atoms with E-state index < -0.39 is 0 Å². The van der Waals surface area contributed by atoms with Crippen LogP contribution >= 0.6 is 11.6 Å². The zero-order valence-electron chi connectivity index (χ0n) is 11.7. The highest BCUT2D eigenvalue weighted by Gasteiger charge is 2.23. The van der Waals surface area contributed by atoms with Crippen LogP contribution in [-0.4, -0.2) is 15.8 Å². The van der Waals surface area contributed by atoms with Crippen molar-refractivity contribution in [2.24, 2.45) is 7.05 Å². The van der Waals surface area contributed by atoms with Crippen molar-refractivity contribution in [2.75, 3.05) is 0 Å². The van der Waals surface area contributed by atoms with Gasteiger partial charge in [0.1, 0.15) is 5.75 Å². The molecule has 2 aromatic rings. The molecule has 1 heterocycles. The zero-order valence-corrected chi connectivity index (χ0v) is 12.4. The average molecular weight is 292 g/mol. The molecule has 0 unspecified atom stereocenters. The van der Waals surface area contributed by atoms with Gasteiger partial charge in [-0.25, -0.2) is 4.68 Å². The van der Waals surface area contributed by atoms with Gasteiger partial charge in [0, 0.05) is 19.6 Å². The van der Waals surface area contributed by atoms with Crippen molar-refractivity contribution >= 4 is 11.6 Å². The van der Waals surface area contributed by atoms with Crippen LogP contribution in [0.5, 0.6) is 11.6 Å². The van der Waals surface area contributed by atoms with Crippen LogP contribution in [0.15, 0.2) is 24.3 Å². The lowest BCUT2D eigenvalue weighted by atomic mass is 10.2. The number of benzene rings is 1. The third kappa shape index (κ3) is 2.81. The minimum Gasteiger partial charge on any atom is -0.437 e. The minimum absolute atomic E-state index is 0.604.